The Bertz CT molecular complexity index is 1020. The monoisotopic (exact) mass is 397 g/mol. The number of hydrogen-bond acceptors (Lipinski definition) is 3. The van der Waals surface area contributed by atoms with Gasteiger partial charge < -0.3 is 9.88 Å². The molecule has 28 heavy (non-hydrogen) atoms. The number of halogens is 1. The average Bonchev–Trinajstić information content (AvgIpc) is 2.68. The van der Waals surface area contributed by atoms with Gasteiger partial charge in [-0.1, -0.05) is 55.8 Å². The van der Waals surface area contributed by atoms with Crippen LogP contribution < -0.4 is 5.56 Å². The molecule has 1 aromatic heterocycles. The van der Waals surface area contributed by atoms with E-state index in [-0.39, 0.29) is 23.9 Å². The summed E-state index contributed by atoms with van der Waals surface area (Å²) >= 11 is 6.03. The second kappa shape index (κ2) is 9.02. The smallest absolute Gasteiger partial charge is 0.258 e. The molecule has 146 valence electrons. The molecule has 0 spiro atoms. The molecule has 3 rings (SSSR count). The summed E-state index contributed by atoms with van der Waals surface area (Å²) < 4.78 is 0. The predicted octanol–water partition coefficient (Wildman–Crippen LogP) is 4.51. The third-order valence-corrected chi connectivity index (χ3v) is 4.99. The fourth-order valence-corrected chi connectivity index (χ4v) is 3.44. The van der Waals surface area contributed by atoms with Crippen LogP contribution in [0.25, 0.3) is 10.9 Å². The number of nitrogens with one attached hydrogen (secondary N) is 1. The maximum atomic E-state index is 12.9. The quantitative estimate of drug-likeness (QED) is 0.637. The van der Waals surface area contributed by atoms with Crippen molar-refractivity contribution < 1.29 is 4.79 Å². The lowest BCUT2D eigenvalue weighted by Crippen LogP contribution is -2.33. The first-order chi connectivity index (χ1) is 13.5. The Labute approximate surface area is 169 Å². The van der Waals surface area contributed by atoms with Crippen molar-refractivity contribution in [2.24, 2.45) is 0 Å². The number of carbonyl (C=O) groups excluding carboxylic acids is 1. The topological polar surface area (TPSA) is 66.1 Å². The van der Waals surface area contributed by atoms with Gasteiger partial charge in [-0.15, -0.1) is 0 Å². The number of amides is 1. The molecule has 0 bridgehead atoms. The largest absolute Gasteiger partial charge is 0.335 e. The second-order valence-electron chi connectivity index (χ2n) is 7.01. The zero-order valence-corrected chi connectivity index (χ0v) is 16.9. The molecule has 0 radical (unpaired) electrons. The molecule has 1 heterocycles. The molecule has 0 aliphatic heterocycles. The van der Waals surface area contributed by atoms with Crippen molar-refractivity contribution >= 4 is 28.4 Å². The van der Waals surface area contributed by atoms with Crippen LogP contribution >= 0.6 is 11.6 Å². The highest BCUT2D eigenvalue weighted by molar-refractivity contribution is 6.31. The SMILES string of the molecule is CCCN(Cc1nc2cc(Cl)ccc2c(=O)[nH]1)C(=O)CC(C)c1ccccc1. The zero-order chi connectivity index (χ0) is 20.1. The number of rotatable bonds is 7. The molecule has 2 aromatic carbocycles. The highest BCUT2D eigenvalue weighted by atomic mass is 35.5. The highest BCUT2D eigenvalue weighted by Crippen LogP contribution is 2.20. The summed E-state index contributed by atoms with van der Waals surface area (Å²) in [5.41, 5.74) is 1.45. The molecule has 5 nitrogen and oxygen atoms in total. The van der Waals surface area contributed by atoms with E-state index >= 15 is 0 Å². The third kappa shape index (κ3) is 4.78. The zero-order valence-electron chi connectivity index (χ0n) is 16.1. The molecule has 1 amide bonds. The number of fused-ring (bicyclic) bond motifs is 1. The number of benzene rings is 2. The number of H-pyrrole nitrogens is 1. The Morgan fingerprint density at radius 3 is 2.68 bits per heavy atom. The van der Waals surface area contributed by atoms with Gasteiger partial charge in [0.15, 0.2) is 0 Å². The van der Waals surface area contributed by atoms with E-state index in [1.165, 1.54) is 0 Å². The van der Waals surface area contributed by atoms with Gasteiger partial charge in [0.2, 0.25) is 5.91 Å². The van der Waals surface area contributed by atoms with Crippen LogP contribution in [0.4, 0.5) is 0 Å². The first kappa shape index (κ1) is 20.1. The molecular weight excluding hydrogens is 374 g/mol. The Hall–Kier alpha value is -2.66. The maximum absolute atomic E-state index is 12.9. The summed E-state index contributed by atoms with van der Waals surface area (Å²) in [4.78, 5) is 34.3. The number of aromatic amines is 1. The van der Waals surface area contributed by atoms with Crippen LogP contribution in [-0.2, 0) is 11.3 Å². The molecule has 0 saturated carbocycles. The maximum Gasteiger partial charge on any atom is 0.258 e. The lowest BCUT2D eigenvalue weighted by atomic mass is 9.97. The minimum Gasteiger partial charge on any atom is -0.335 e. The van der Waals surface area contributed by atoms with Gasteiger partial charge in [0.25, 0.3) is 5.56 Å². The Morgan fingerprint density at radius 2 is 1.96 bits per heavy atom. The van der Waals surface area contributed by atoms with Crippen LogP contribution in [-0.4, -0.2) is 27.3 Å². The van der Waals surface area contributed by atoms with Gasteiger partial charge in [-0.3, -0.25) is 9.59 Å². The van der Waals surface area contributed by atoms with Crippen LogP contribution in [0.5, 0.6) is 0 Å². The highest BCUT2D eigenvalue weighted by Gasteiger charge is 2.19. The third-order valence-electron chi connectivity index (χ3n) is 4.75. The van der Waals surface area contributed by atoms with Gasteiger partial charge in [-0.2, -0.15) is 0 Å². The Kier molecular flexibility index (Phi) is 6.47. The molecule has 0 saturated heterocycles. The minimum atomic E-state index is -0.224. The molecule has 0 aliphatic rings. The van der Waals surface area contributed by atoms with Gasteiger partial charge in [-0.25, -0.2) is 4.98 Å². The van der Waals surface area contributed by atoms with Crippen molar-refractivity contribution in [2.45, 2.75) is 39.2 Å². The number of nitrogens with zero attached hydrogens (tertiary/aromatic N) is 2. The molecule has 1 unspecified atom stereocenters. The normalized spacial score (nSPS) is 12.1. The second-order valence-corrected chi connectivity index (χ2v) is 7.44. The van der Waals surface area contributed by atoms with E-state index in [1.807, 2.05) is 37.3 Å². The average molecular weight is 398 g/mol. The van der Waals surface area contributed by atoms with Crippen molar-refractivity contribution in [3.8, 4) is 0 Å². The van der Waals surface area contributed by atoms with Gasteiger partial charge in [0.1, 0.15) is 5.82 Å². The van der Waals surface area contributed by atoms with Gasteiger partial charge in [-0.05, 0) is 36.1 Å². The lowest BCUT2D eigenvalue weighted by molar-refractivity contribution is -0.132. The minimum absolute atomic E-state index is 0.0482. The number of aromatic nitrogens is 2. The molecule has 3 aromatic rings. The van der Waals surface area contributed by atoms with E-state index in [2.05, 4.69) is 16.9 Å². The molecular formula is C22H24ClN3O2. The van der Waals surface area contributed by atoms with Crippen molar-refractivity contribution in [3.63, 3.8) is 0 Å². The van der Waals surface area contributed by atoms with E-state index in [9.17, 15) is 9.59 Å². The predicted molar refractivity (Wildman–Crippen MR) is 113 cm³/mol. The van der Waals surface area contributed by atoms with E-state index in [4.69, 9.17) is 11.6 Å². The number of hydrogen-bond donors (Lipinski definition) is 1. The van der Waals surface area contributed by atoms with Gasteiger partial charge >= 0.3 is 0 Å². The molecule has 0 fully saturated rings. The summed E-state index contributed by atoms with van der Waals surface area (Å²) in [7, 11) is 0. The molecule has 1 atom stereocenters. The van der Waals surface area contributed by atoms with Crippen LogP contribution in [0.15, 0.2) is 53.3 Å². The Morgan fingerprint density at radius 1 is 1.21 bits per heavy atom. The van der Waals surface area contributed by atoms with Crippen molar-refractivity contribution in [1.82, 2.24) is 14.9 Å². The van der Waals surface area contributed by atoms with Gasteiger partial charge in [0.05, 0.1) is 17.4 Å². The summed E-state index contributed by atoms with van der Waals surface area (Å²) in [6, 6.07) is 15.0. The summed E-state index contributed by atoms with van der Waals surface area (Å²) in [6.45, 7) is 4.95. The Balaban J connectivity index is 1.79. The van der Waals surface area contributed by atoms with E-state index < -0.39 is 0 Å². The van der Waals surface area contributed by atoms with Crippen molar-refractivity contribution in [1.29, 1.82) is 0 Å². The summed E-state index contributed by atoms with van der Waals surface area (Å²) in [5.74, 6) is 0.636. The van der Waals surface area contributed by atoms with Crippen molar-refractivity contribution in [2.75, 3.05) is 6.54 Å². The van der Waals surface area contributed by atoms with E-state index in [1.54, 1.807) is 23.1 Å². The summed E-state index contributed by atoms with van der Waals surface area (Å²) in [5, 5.41) is 1.01. The van der Waals surface area contributed by atoms with Crippen LogP contribution in [0.1, 0.15) is 44.0 Å². The van der Waals surface area contributed by atoms with Crippen molar-refractivity contribution in [3.05, 3.63) is 75.3 Å². The molecule has 0 aliphatic carbocycles. The number of carbonyl (C=O) groups is 1. The summed E-state index contributed by atoms with van der Waals surface area (Å²) in [6.07, 6.45) is 1.24. The van der Waals surface area contributed by atoms with E-state index in [0.717, 1.165) is 12.0 Å². The van der Waals surface area contributed by atoms with E-state index in [0.29, 0.717) is 34.7 Å². The van der Waals surface area contributed by atoms with Crippen LogP contribution in [0.2, 0.25) is 5.02 Å². The fraction of sp³-hybridized carbons (Fsp3) is 0.318. The fourth-order valence-electron chi connectivity index (χ4n) is 3.27. The van der Waals surface area contributed by atoms with Crippen LogP contribution in [0, 0.1) is 0 Å². The van der Waals surface area contributed by atoms with Gasteiger partial charge in [0, 0.05) is 18.0 Å². The molecule has 1 N–H and O–H groups in total. The van der Waals surface area contributed by atoms with Crippen LogP contribution in [0.3, 0.4) is 0 Å². The molecule has 6 heteroatoms. The standard InChI is InChI=1S/C22H24ClN3O2/c1-3-11-26(21(27)12-15(2)16-7-5-4-6-8-16)14-20-24-19-13-17(23)9-10-18(19)22(28)25-20/h4-10,13,15H,3,11-12,14H2,1-2H3,(H,24,25,28). The first-order valence-electron chi connectivity index (χ1n) is 9.49. The first-order valence-corrected chi connectivity index (χ1v) is 9.87. The lowest BCUT2D eigenvalue weighted by Gasteiger charge is -2.23.